The quantitative estimate of drug-likeness (QED) is 0.654. The van der Waals surface area contributed by atoms with Crippen LogP contribution in [0.3, 0.4) is 0 Å². The number of benzene rings is 3. The monoisotopic (exact) mass is 437 g/mol. The van der Waals surface area contributed by atoms with Crippen LogP contribution in [0.5, 0.6) is 0 Å². The van der Waals surface area contributed by atoms with E-state index in [0.29, 0.717) is 13.1 Å². The van der Waals surface area contributed by atoms with Crippen molar-refractivity contribution < 1.29 is 9.59 Å². The van der Waals surface area contributed by atoms with E-state index in [4.69, 9.17) is 0 Å². The summed E-state index contributed by atoms with van der Waals surface area (Å²) in [5, 5.41) is 2.99. The average molecular weight is 438 g/mol. The van der Waals surface area contributed by atoms with Gasteiger partial charge in [0, 0.05) is 43.5 Å². The normalized spacial score (nSPS) is 17.5. The smallest absolute Gasteiger partial charge is 0.234 e. The summed E-state index contributed by atoms with van der Waals surface area (Å²) in [6.45, 7) is 3.02. The minimum Gasteiger partial charge on any atom is -0.368 e. The number of piperazine rings is 1. The van der Waals surface area contributed by atoms with Crippen molar-refractivity contribution in [2.75, 3.05) is 36.4 Å². The van der Waals surface area contributed by atoms with Crippen molar-refractivity contribution in [1.82, 2.24) is 4.90 Å². The molecular formula is C28H27N3O2. The van der Waals surface area contributed by atoms with Crippen LogP contribution in [0.2, 0.25) is 0 Å². The molecule has 5 heteroatoms. The van der Waals surface area contributed by atoms with Crippen molar-refractivity contribution in [3.8, 4) is 11.1 Å². The number of rotatable bonds is 4. The molecule has 1 aliphatic heterocycles. The van der Waals surface area contributed by atoms with Crippen LogP contribution < -0.4 is 10.2 Å². The maximum absolute atomic E-state index is 13.6. The maximum Gasteiger partial charge on any atom is 0.234 e. The van der Waals surface area contributed by atoms with Gasteiger partial charge in [-0.3, -0.25) is 9.59 Å². The van der Waals surface area contributed by atoms with E-state index < -0.39 is 0 Å². The van der Waals surface area contributed by atoms with Gasteiger partial charge < -0.3 is 15.1 Å². The highest BCUT2D eigenvalue weighted by Gasteiger charge is 2.36. The van der Waals surface area contributed by atoms with Crippen LogP contribution in [-0.4, -0.2) is 42.9 Å². The molecule has 2 aliphatic carbocycles. The highest BCUT2D eigenvalue weighted by Crippen LogP contribution is 2.45. The van der Waals surface area contributed by atoms with E-state index in [1.165, 1.54) is 11.1 Å². The standard InChI is InChI=1S/C28H27N3O2/c32-27(19-9-10-19)29-20-11-13-21(14-12-20)30-15-17-31(18-16-30)28(33)26-24-7-3-1-5-22(24)23-6-2-4-8-25(23)26/h1-8,11-14,19,26H,9-10,15-18H2,(H,29,32). The van der Waals surface area contributed by atoms with Gasteiger partial charge in [-0.15, -0.1) is 0 Å². The fourth-order valence-corrected chi connectivity index (χ4v) is 5.13. The minimum atomic E-state index is -0.210. The number of hydrogen-bond acceptors (Lipinski definition) is 3. The van der Waals surface area contributed by atoms with Crippen LogP contribution in [0.4, 0.5) is 11.4 Å². The van der Waals surface area contributed by atoms with Crippen molar-refractivity contribution in [2.24, 2.45) is 5.92 Å². The second-order valence-electron chi connectivity index (χ2n) is 9.23. The first-order valence-electron chi connectivity index (χ1n) is 11.8. The second-order valence-corrected chi connectivity index (χ2v) is 9.23. The van der Waals surface area contributed by atoms with E-state index in [-0.39, 0.29) is 23.7 Å². The first-order chi connectivity index (χ1) is 16.2. The van der Waals surface area contributed by atoms with Crippen LogP contribution in [-0.2, 0) is 9.59 Å². The van der Waals surface area contributed by atoms with Crippen LogP contribution >= 0.6 is 0 Å². The zero-order valence-electron chi connectivity index (χ0n) is 18.5. The first-order valence-corrected chi connectivity index (χ1v) is 11.8. The van der Waals surface area contributed by atoms with E-state index in [2.05, 4.69) is 46.6 Å². The lowest BCUT2D eigenvalue weighted by molar-refractivity contribution is -0.132. The Bertz CT molecular complexity index is 1160. The Morgan fingerprint density at radius 3 is 1.88 bits per heavy atom. The molecule has 0 aromatic heterocycles. The molecule has 6 rings (SSSR count). The Hall–Kier alpha value is -3.60. The fraction of sp³-hybridized carbons (Fsp3) is 0.286. The molecule has 0 atom stereocenters. The van der Waals surface area contributed by atoms with Gasteiger partial charge in [0.25, 0.3) is 0 Å². The Balaban J connectivity index is 1.13. The molecule has 166 valence electrons. The predicted octanol–water partition coefficient (Wildman–Crippen LogP) is 4.50. The van der Waals surface area contributed by atoms with Crippen LogP contribution in [0.25, 0.3) is 11.1 Å². The summed E-state index contributed by atoms with van der Waals surface area (Å²) in [4.78, 5) is 29.9. The van der Waals surface area contributed by atoms with Crippen LogP contribution in [0.1, 0.15) is 29.9 Å². The van der Waals surface area contributed by atoms with Crippen LogP contribution in [0.15, 0.2) is 72.8 Å². The van der Waals surface area contributed by atoms with Gasteiger partial charge in [-0.25, -0.2) is 0 Å². The summed E-state index contributed by atoms with van der Waals surface area (Å²) < 4.78 is 0. The molecular weight excluding hydrogens is 410 g/mol. The van der Waals surface area contributed by atoms with Gasteiger partial charge in [0.1, 0.15) is 0 Å². The number of amides is 2. The van der Waals surface area contributed by atoms with Crippen LogP contribution in [0, 0.1) is 5.92 Å². The molecule has 33 heavy (non-hydrogen) atoms. The largest absolute Gasteiger partial charge is 0.368 e. The van der Waals surface area contributed by atoms with Crippen molar-refractivity contribution in [1.29, 1.82) is 0 Å². The molecule has 5 nitrogen and oxygen atoms in total. The highest BCUT2D eigenvalue weighted by atomic mass is 16.2. The third-order valence-corrected chi connectivity index (χ3v) is 7.12. The van der Waals surface area contributed by atoms with Gasteiger partial charge in [-0.2, -0.15) is 0 Å². The number of fused-ring (bicyclic) bond motifs is 3. The lowest BCUT2D eigenvalue weighted by Gasteiger charge is -2.37. The SMILES string of the molecule is O=C(Nc1ccc(N2CCN(C(=O)C3c4ccccc4-c4ccccc43)CC2)cc1)C1CC1. The molecule has 2 fully saturated rings. The summed E-state index contributed by atoms with van der Waals surface area (Å²) in [6.07, 6.45) is 2.01. The molecule has 0 spiro atoms. The number of nitrogens with zero attached hydrogens (tertiary/aromatic N) is 2. The highest BCUT2D eigenvalue weighted by molar-refractivity contribution is 5.96. The third kappa shape index (κ3) is 3.67. The topological polar surface area (TPSA) is 52.7 Å². The molecule has 1 saturated carbocycles. The Morgan fingerprint density at radius 2 is 1.30 bits per heavy atom. The van der Waals surface area contributed by atoms with E-state index in [1.807, 2.05) is 41.3 Å². The van der Waals surface area contributed by atoms with Gasteiger partial charge in [-0.05, 0) is 59.4 Å². The Labute approximate surface area is 194 Å². The van der Waals surface area contributed by atoms with Gasteiger partial charge in [0.05, 0.1) is 5.92 Å². The summed E-state index contributed by atoms with van der Waals surface area (Å²) >= 11 is 0. The summed E-state index contributed by atoms with van der Waals surface area (Å²) in [7, 11) is 0. The van der Waals surface area contributed by atoms with E-state index in [0.717, 1.165) is 48.4 Å². The molecule has 1 N–H and O–H groups in total. The lowest BCUT2D eigenvalue weighted by atomic mass is 9.95. The maximum atomic E-state index is 13.6. The second kappa shape index (κ2) is 8.07. The Morgan fingerprint density at radius 1 is 0.727 bits per heavy atom. The number of anilines is 2. The molecule has 1 heterocycles. The number of nitrogens with one attached hydrogen (secondary N) is 1. The van der Waals surface area contributed by atoms with E-state index in [1.54, 1.807) is 0 Å². The van der Waals surface area contributed by atoms with Crippen molar-refractivity contribution in [2.45, 2.75) is 18.8 Å². The molecule has 2 amide bonds. The molecule has 0 unspecified atom stereocenters. The van der Waals surface area contributed by atoms with Gasteiger partial charge >= 0.3 is 0 Å². The number of hydrogen-bond donors (Lipinski definition) is 1. The zero-order chi connectivity index (χ0) is 22.4. The van der Waals surface area contributed by atoms with Crippen molar-refractivity contribution >= 4 is 23.2 Å². The molecule has 1 saturated heterocycles. The number of carbonyl (C=O) groups is 2. The average Bonchev–Trinajstić information content (AvgIpc) is 3.67. The summed E-state index contributed by atoms with van der Waals surface area (Å²) in [5.74, 6) is 0.322. The van der Waals surface area contributed by atoms with Crippen molar-refractivity contribution in [3.05, 3.63) is 83.9 Å². The van der Waals surface area contributed by atoms with Gasteiger partial charge in [0.15, 0.2) is 0 Å². The van der Waals surface area contributed by atoms with E-state index >= 15 is 0 Å². The molecule has 0 radical (unpaired) electrons. The first kappa shape index (κ1) is 20.0. The minimum absolute atomic E-state index is 0.130. The summed E-state index contributed by atoms with van der Waals surface area (Å²) in [6, 6.07) is 24.6. The molecule has 3 aliphatic rings. The predicted molar refractivity (Wildman–Crippen MR) is 130 cm³/mol. The third-order valence-electron chi connectivity index (χ3n) is 7.12. The Kier molecular flexibility index (Phi) is 4.90. The summed E-state index contributed by atoms with van der Waals surface area (Å²) in [5.41, 5.74) is 6.58. The molecule has 3 aromatic rings. The zero-order valence-corrected chi connectivity index (χ0v) is 18.5. The molecule has 0 bridgehead atoms. The van der Waals surface area contributed by atoms with Gasteiger partial charge in [-0.1, -0.05) is 48.5 Å². The lowest BCUT2D eigenvalue weighted by Crippen LogP contribution is -2.50. The van der Waals surface area contributed by atoms with Crippen molar-refractivity contribution in [3.63, 3.8) is 0 Å². The number of carbonyl (C=O) groups excluding carboxylic acids is 2. The van der Waals surface area contributed by atoms with Gasteiger partial charge in [0.2, 0.25) is 11.8 Å². The van der Waals surface area contributed by atoms with E-state index in [9.17, 15) is 9.59 Å². The fourth-order valence-electron chi connectivity index (χ4n) is 5.13. The molecule has 3 aromatic carbocycles.